The Bertz CT molecular complexity index is 264. The van der Waals surface area contributed by atoms with Crippen LogP contribution in [-0.2, 0) is 4.74 Å². The lowest BCUT2D eigenvalue weighted by Gasteiger charge is -2.25. The van der Waals surface area contributed by atoms with Crippen LogP contribution < -0.4 is 0 Å². The number of amides is 1. The first-order chi connectivity index (χ1) is 7.90. The minimum atomic E-state index is -0.506. The minimum Gasteiger partial charge on any atom is -0.444 e. The predicted molar refractivity (Wildman–Crippen MR) is 67.6 cm³/mol. The topological polar surface area (TPSA) is 53.3 Å². The van der Waals surface area contributed by atoms with Gasteiger partial charge in [0, 0.05) is 6.54 Å². The monoisotopic (exact) mass is 240 g/mol. The zero-order chi connectivity index (χ0) is 13.3. The standard InChI is InChI=1S/C13H24N2O2/c1-5-6-7-8-10-15(11-9-14)12(16)17-13(2,3)4/h5-8,10-11H2,1-4H3. The molecule has 0 aliphatic rings. The molecule has 4 nitrogen and oxygen atoms in total. The second-order valence-electron chi connectivity index (χ2n) is 5.12. The third-order valence-electron chi connectivity index (χ3n) is 2.19. The van der Waals surface area contributed by atoms with Crippen molar-refractivity contribution in [1.82, 2.24) is 4.90 Å². The number of rotatable bonds is 6. The molecule has 0 heterocycles. The summed E-state index contributed by atoms with van der Waals surface area (Å²) < 4.78 is 5.25. The molecule has 0 aliphatic heterocycles. The Morgan fingerprint density at radius 2 is 1.94 bits per heavy atom. The first-order valence-corrected chi connectivity index (χ1v) is 6.25. The Morgan fingerprint density at radius 3 is 2.41 bits per heavy atom. The molecule has 0 bridgehead atoms. The van der Waals surface area contributed by atoms with Crippen molar-refractivity contribution in [2.75, 3.05) is 13.1 Å². The number of nitrogens with zero attached hydrogens (tertiary/aromatic N) is 2. The SMILES string of the molecule is CCCCCCN(CC#N)C(=O)OC(C)(C)C. The Labute approximate surface area is 105 Å². The molecule has 0 N–H and O–H groups in total. The van der Waals surface area contributed by atoms with Crippen molar-refractivity contribution in [2.24, 2.45) is 0 Å². The van der Waals surface area contributed by atoms with Crippen LogP contribution in [0.1, 0.15) is 53.4 Å². The molecule has 17 heavy (non-hydrogen) atoms. The van der Waals surface area contributed by atoms with Crippen molar-refractivity contribution in [3.8, 4) is 6.07 Å². The van der Waals surface area contributed by atoms with E-state index in [0.29, 0.717) is 6.54 Å². The molecule has 0 aliphatic carbocycles. The summed E-state index contributed by atoms with van der Waals surface area (Å²) in [6.45, 7) is 8.32. The maximum atomic E-state index is 11.8. The zero-order valence-corrected chi connectivity index (χ0v) is 11.5. The van der Waals surface area contributed by atoms with Crippen LogP contribution in [0.25, 0.3) is 0 Å². The highest BCUT2D eigenvalue weighted by Crippen LogP contribution is 2.10. The van der Waals surface area contributed by atoms with Gasteiger partial charge in [0.05, 0.1) is 6.07 Å². The van der Waals surface area contributed by atoms with Crippen molar-refractivity contribution in [2.45, 2.75) is 59.0 Å². The maximum absolute atomic E-state index is 11.8. The van der Waals surface area contributed by atoms with Crippen LogP contribution >= 0.6 is 0 Å². The Morgan fingerprint density at radius 1 is 1.29 bits per heavy atom. The second kappa shape index (κ2) is 7.94. The van der Waals surface area contributed by atoms with E-state index in [4.69, 9.17) is 10.00 Å². The first-order valence-electron chi connectivity index (χ1n) is 6.25. The number of unbranched alkanes of at least 4 members (excludes halogenated alkanes) is 3. The molecule has 4 heteroatoms. The lowest BCUT2D eigenvalue weighted by atomic mass is 10.2. The highest BCUT2D eigenvalue weighted by atomic mass is 16.6. The Balaban J connectivity index is 4.13. The average molecular weight is 240 g/mol. The average Bonchev–Trinajstić information content (AvgIpc) is 2.20. The van der Waals surface area contributed by atoms with Crippen LogP contribution in [0.15, 0.2) is 0 Å². The quantitative estimate of drug-likeness (QED) is 0.528. The van der Waals surface area contributed by atoms with Crippen molar-refractivity contribution in [1.29, 1.82) is 5.26 Å². The molecule has 0 unspecified atom stereocenters. The molecule has 0 aromatic rings. The van der Waals surface area contributed by atoms with Gasteiger partial charge in [0.25, 0.3) is 0 Å². The van der Waals surface area contributed by atoms with Crippen molar-refractivity contribution in [3.05, 3.63) is 0 Å². The fraction of sp³-hybridized carbons (Fsp3) is 0.846. The number of carbonyl (C=O) groups excluding carboxylic acids is 1. The summed E-state index contributed by atoms with van der Waals surface area (Å²) >= 11 is 0. The van der Waals surface area contributed by atoms with E-state index in [-0.39, 0.29) is 6.54 Å². The number of hydrogen-bond donors (Lipinski definition) is 0. The number of hydrogen-bond acceptors (Lipinski definition) is 3. The lowest BCUT2D eigenvalue weighted by molar-refractivity contribution is 0.0271. The largest absolute Gasteiger partial charge is 0.444 e. The third-order valence-corrected chi connectivity index (χ3v) is 2.19. The molecule has 0 spiro atoms. The zero-order valence-electron chi connectivity index (χ0n) is 11.5. The summed E-state index contributed by atoms with van der Waals surface area (Å²) in [6, 6.07) is 2.00. The van der Waals surface area contributed by atoms with E-state index in [1.54, 1.807) is 0 Å². The van der Waals surface area contributed by atoms with Gasteiger partial charge in [0.15, 0.2) is 0 Å². The highest BCUT2D eigenvalue weighted by molar-refractivity contribution is 5.68. The van der Waals surface area contributed by atoms with Crippen LogP contribution in [0, 0.1) is 11.3 Å². The third kappa shape index (κ3) is 8.56. The summed E-state index contributed by atoms with van der Waals surface area (Å²) in [5.74, 6) is 0. The molecule has 0 rings (SSSR count). The van der Waals surface area contributed by atoms with E-state index in [2.05, 4.69) is 6.92 Å². The van der Waals surface area contributed by atoms with Crippen LogP contribution in [-0.4, -0.2) is 29.7 Å². The van der Waals surface area contributed by atoms with Crippen molar-refractivity contribution < 1.29 is 9.53 Å². The molecule has 98 valence electrons. The number of carbonyl (C=O) groups is 1. The summed E-state index contributed by atoms with van der Waals surface area (Å²) in [5.41, 5.74) is -0.506. The lowest BCUT2D eigenvalue weighted by Crippen LogP contribution is -2.37. The molecule has 1 amide bonds. The molecule has 0 aromatic heterocycles. The molecule has 0 atom stereocenters. The van der Waals surface area contributed by atoms with Crippen LogP contribution in [0.2, 0.25) is 0 Å². The molecular formula is C13H24N2O2. The van der Waals surface area contributed by atoms with Gasteiger partial charge in [-0.2, -0.15) is 5.26 Å². The molecule has 0 fully saturated rings. The summed E-state index contributed by atoms with van der Waals surface area (Å²) in [7, 11) is 0. The van der Waals surface area contributed by atoms with Gasteiger partial charge in [-0.15, -0.1) is 0 Å². The summed E-state index contributed by atoms with van der Waals surface area (Å²) in [6.07, 6.45) is 3.94. The van der Waals surface area contributed by atoms with E-state index >= 15 is 0 Å². The molecular weight excluding hydrogens is 216 g/mol. The van der Waals surface area contributed by atoms with Crippen LogP contribution in [0.4, 0.5) is 4.79 Å². The van der Waals surface area contributed by atoms with Gasteiger partial charge >= 0.3 is 6.09 Å². The molecule has 0 saturated carbocycles. The first kappa shape index (κ1) is 15.8. The van der Waals surface area contributed by atoms with E-state index in [1.165, 1.54) is 4.90 Å². The van der Waals surface area contributed by atoms with E-state index < -0.39 is 11.7 Å². The number of nitriles is 1. The van der Waals surface area contributed by atoms with Crippen LogP contribution in [0.3, 0.4) is 0 Å². The fourth-order valence-electron chi connectivity index (χ4n) is 1.38. The minimum absolute atomic E-state index is 0.0983. The second-order valence-corrected chi connectivity index (χ2v) is 5.12. The fourth-order valence-corrected chi connectivity index (χ4v) is 1.38. The molecule has 0 aromatic carbocycles. The summed E-state index contributed by atoms with van der Waals surface area (Å²) in [4.78, 5) is 13.2. The molecule has 0 radical (unpaired) electrons. The smallest absolute Gasteiger partial charge is 0.411 e. The van der Waals surface area contributed by atoms with Gasteiger partial charge < -0.3 is 4.74 Å². The van der Waals surface area contributed by atoms with E-state index in [1.807, 2.05) is 26.8 Å². The normalized spacial score (nSPS) is 10.8. The van der Waals surface area contributed by atoms with Crippen molar-refractivity contribution in [3.63, 3.8) is 0 Å². The van der Waals surface area contributed by atoms with Crippen LogP contribution in [0.5, 0.6) is 0 Å². The summed E-state index contributed by atoms with van der Waals surface area (Å²) in [5, 5.41) is 8.69. The predicted octanol–water partition coefficient (Wildman–Crippen LogP) is 3.33. The van der Waals surface area contributed by atoms with Gasteiger partial charge in [-0.1, -0.05) is 26.2 Å². The molecule has 0 saturated heterocycles. The van der Waals surface area contributed by atoms with Gasteiger partial charge in [0.1, 0.15) is 12.1 Å². The van der Waals surface area contributed by atoms with E-state index in [0.717, 1.165) is 25.7 Å². The maximum Gasteiger partial charge on any atom is 0.411 e. The highest BCUT2D eigenvalue weighted by Gasteiger charge is 2.21. The van der Waals surface area contributed by atoms with Gasteiger partial charge in [-0.3, -0.25) is 4.90 Å². The van der Waals surface area contributed by atoms with Gasteiger partial charge in [0.2, 0.25) is 0 Å². The van der Waals surface area contributed by atoms with Gasteiger partial charge in [-0.25, -0.2) is 4.79 Å². The van der Waals surface area contributed by atoms with Gasteiger partial charge in [-0.05, 0) is 27.2 Å². The number of ether oxygens (including phenoxy) is 1. The Hall–Kier alpha value is -1.24. The van der Waals surface area contributed by atoms with E-state index in [9.17, 15) is 4.79 Å². The van der Waals surface area contributed by atoms with Crippen molar-refractivity contribution >= 4 is 6.09 Å². The Kier molecular flexibility index (Phi) is 7.36.